The third-order valence-corrected chi connectivity index (χ3v) is 4.83. The number of likely N-dealkylation sites (tertiary alicyclic amines) is 1. The number of pyridine rings is 1. The van der Waals surface area contributed by atoms with Gasteiger partial charge in [-0.15, -0.1) is 0 Å². The van der Waals surface area contributed by atoms with Gasteiger partial charge in [-0.3, -0.25) is 9.59 Å². The number of nitrogens with zero attached hydrogens (tertiary/aromatic N) is 3. The molecule has 1 amide bonds. The second-order valence-electron chi connectivity index (χ2n) is 6.30. The van der Waals surface area contributed by atoms with Crippen molar-refractivity contribution in [3.05, 3.63) is 64.3 Å². The predicted molar refractivity (Wildman–Crippen MR) is 95.5 cm³/mol. The summed E-state index contributed by atoms with van der Waals surface area (Å²) in [7, 11) is 0. The number of amides is 1. The first kappa shape index (κ1) is 15.6. The zero-order valence-corrected chi connectivity index (χ0v) is 14.1. The maximum atomic E-state index is 12.9. The Hall–Kier alpha value is -2.89. The van der Waals surface area contributed by atoms with Gasteiger partial charge in [-0.25, -0.2) is 4.98 Å². The van der Waals surface area contributed by atoms with Crippen molar-refractivity contribution >= 4 is 16.9 Å². The van der Waals surface area contributed by atoms with Crippen LogP contribution in [0.2, 0.25) is 0 Å². The zero-order chi connectivity index (χ0) is 17.4. The largest absolute Gasteiger partial charge is 0.329 e. The fourth-order valence-electron chi connectivity index (χ4n) is 3.70. The molecule has 128 valence electrons. The minimum absolute atomic E-state index is 0.0564. The number of benzene rings is 1. The number of carbonyl (C=O) groups excluding carboxylic acids is 1. The number of aryl methyl sites for hydroxylation is 1. The Kier molecular flexibility index (Phi) is 3.87. The molecule has 6 heteroatoms. The van der Waals surface area contributed by atoms with Gasteiger partial charge >= 0.3 is 0 Å². The van der Waals surface area contributed by atoms with E-state index in [2.05, 4.69) is 22.5 Å². The molecule has 3 heterocycles. The number of carbonyl (C=O) groups is 1. The first-order valence-electron chi connectivity index (χ1n) is 8.64. The molecule has 1 fully saturated rings. The number of nitrogens with one attached hydrogen (secondary N) is 1. The molecule has 0 radical (unpaired) electrons. The standard InChI is InChI=1S/C19H20N4O2/c1-2-22-15-7-4-3-6-14(15)21-18(22)16-8-5-11-23(16)19(25)13-9-10-20-17(24)12-13/h3-4,6-7,9-10,12,16H,2,5,8,11H2,1H3,(H,20,24)/t16-/m1/s1. The molecule has 1 atom stereocenters. The van der Waals surface area contributed by atoms with E-state index in [0.29, 0.717) is 12.1 Å². The summed E-state index contributed by atoms with van der Waals surface area (Å²) in [5.74, 6) is 0.822. The average molecular weight is 336 g/mol. The molecule has 3 aromatic rings. The number of H-pyrrole nitrogens is 1. The highest BCUT2D eigenvalue weighted by molar-refractivity contribution is 5.94. The Morgan fingerprint density at radius 2 is 2.16 bits per heavy atom. The van der Waals surface area contributed by atoms with Crippen LogP contribution in [0.1, 0.15) is 42.0 Å². The van der Waals surface area contributed by atoms with Crippen molar-refractivity contribution in [2.24, 2.45) is 0 Å². The summed E-state index contributed by atoms with van der Waals surface area (Å²) in [6.45, 7) is 3.58. The Morgan fingerprint density at radius 1 is 1.32 bits per heavy atom. The van der Waals surface area contributed by atoms with Crippen molar-refractivity contribution in [3.8, 4) is 0 Å². The van der Waals surface area contributed by atoms with Crippen molar-refractivity contribution in [2.45, 2.75) is 32.4 Å². The van der Waals surface area contributed by atoms with Gasteiger partial charge in [0, 0.05) is 30.9 Å². The average Bonchev–Trinajstić information content (AvgIpc) is 3.25. The van der Waals surface area contributed by atoms with Crippen molar-refractivity contribution < 1.29 is 4.79 Å². The molecule has 1 saturated heterocycles. The van der Waals surface area contributed by atoms with E-state index in [1.54, 1.807) is 6.07 Å². The van der Waals surface area contributed by atoms with Gasteiger partial charge in [-0.2, -0.15) is 0 Å². The molecule has 0 spiro atoms. The second kappa shape index (κ2) is 6.20. The Balaban J connectivity index is 1.75. The van der Waals surface area contributed by atoms with Gasteiger partial charge in [0.25, 0.3) is 5.91 Å². The number of aromatic nitrogens is 3. The van der Waals surface area contributed by atoms with Crippen molar-refractivity contribution in [3.63, 3.8) is 0 Å². The van der Waals surface area contributed by atoms with E-state index in [-0.39, 0.29) is 17.5 Å². The Morgan fingerprint density at radius 3 is 2.96 bits per heavy atom. The summed E-state index contributed by atoms with van der Waals surface area (Å²) in [5.41, 5.74) is 2.21. The van der Waals surface area contributed by atoms with Crippen LogP contribution in [0.15, 0.2) is 47.4 Å². The van der Waals surface area contributed by atoms with E-state index in [0.717, 1.165) is 36.2 Å². The lowest BCUT2D eigenvalue weighted by Crippen LogP contribution is -2.32. The van der Waals surface area contributed by atoms with Crippen LogP contribution in [0.4, 0.5) is 0 Å². The maximum absolute atomic E-state index is 12.9. The van der Waals surface area contributed by atoms with Crippen LogP contribution in [0.3, 0.4) is 0 Å². The van der Waals surface area contributed by atoms with Crippen LogP contribution in [-0.4, -0.2) is 31.9 Å². The number of fused-ring (bicyclic) bond motifs is 1. The highest BCUT2D eigenvalue weighted by Crippen LogP contribution is 2.34. The van der Waals surface area contributed by atoms with Crippen molar-refractivity contribution in [1.29, 1.82) is 0 Å². The molecule has 1 N–H and O–H groups in total. The summed E-state index contributed by atoms with van der Waals surface area (Å²) in [5, 5.41) is 0. The van der Waals surface area contributed by atoms with E-state index in [1.807, 2.05) is 23.1 Å². The SMILES string of the molecule is CCn1c([C@H]2CCCN2C(=O)c2cc[nH]c(=O)c2)nc2ccccc21. The molecule has 1 aliphatic rings. The lowest BCUT2D eigenvalue weighted by atomic mass is 10.1. The quantitative estimate of drug-likeness (QED) is 0.799. The maximum Gasteiger partial charge on any atom is 0.254 e. The lowest BCUT2D eigenvalue weighted by Gasteiger charge is -2.25. The van der Waals surface area contributed by atoms with E-state index in [4.69, 9.17) is 4.98 Å². The Labute approximate surface area is 145 Å². The monoisotopic (exact) mass is 336 g/mol. The summed E-state index contributed by atoms with van der Waals surface area (Å²) in [4.78, 5) is 33.7. The third kappa shape index (κ3) is 2.63. The van der Waals surface area contributed by atoms with E-state index < -0.39 is 0 Å². The van der Waals surface area contributed by atoms with E-state index >= 15 is 0 Å². The summed E-state index contributed by atoms with van der Waals surface area (Å²) in [6, 6.07) is 11.0. The van der Waals surface area contributed by atoms with Crippen LogP contribution < -0.4 is 5.56 Å². The van der Waals surface area contributed by atoms with Gasteiger partial charge in [0.2, 0.25) is 5.56 Å². The van der Waals surface area contributed by atoms with Gasteiger partial charge < -0.3 is 14.5 Å². The minimum Gasteiger partial charge on any atom is -0.329 e. The third-order valence-electron chi connectivity index (χ3n) is 4.83. The first-order valence-corrected chi connectivity index (χ1v) is 8.64. The number of para-hydroxylation sites is 2. The summed E-state index contributed by atoms with van der Waals surface area (Å²) in [6.07, 6.45) is 3.34. The number of aromatic amines is 1. The number of rotatable bonds is 3. The molecular formula is C19H20N4O2. The highest BCUT2D eigenvalue weighted by atomic mass is 16.2. The van der Waals surface area contributed by atoms with Gasteiger partial charge in [0.05, 0.1) is 17.1 Å². The van der Waals surface area contributed by atoms with E-state index in [1.165, 1.54) is 12.3 Å². The number of hydrogen-bond donors (Lipinski definition) is 1. The zero-order valence-electron chi connectivity index (χ0n) is 14.1. The molecule has 4 rings (SSSR count). The summed E-state index contributed by atoms with van der Waals surface area (Å²) < 4.78 is 2.18. The molecular weight excluding hydrogens is 316 g/mol. The second-order valence-corrected chi connectivity index (χ2v) is 6.30. The molecule has 6 nitrogen and oxygen atoms in total. The van der Waals surface area contributed by atoms with Crippen molar-refractivity contribution in [2.75, 3.05) is 6.54 Å². The van der Waals surface area contributed by atoms with E-state index in [9.17, 15) is 9.59 Å². The van der Waals surface area contributed by atoms with Crippen LogP contribution >= 0.6 is 0 Å². The Bertz CT molecular complexity index is 988. The van der Waals surface area contributed by atoms with Gasteiger partial charge in [-0.05, 0) is 38.0 Å². The molecule has 2 aromatic heterocycles. The molecule has 0 aliphatic carbocycles. The first-order chi connectivity index (χ1) is 12.2. The van der Waals surface area contributed by atoms with Crippen LogP contribution in [0, 0.1) is 0 Å². The van der Waals surface area contributed by atoms with Gasteiger partial charge in [-0.1, -0.05) is 12.1 Å². The number of hydrogen-bond acceptors (Lipinski definition) is 3. The number of imidazole rings is 1. The molecule has 0 unspecified atom stereocenters. The predicted octanol–water partition coefficient (Wildman–Crippen LogP) is 2.72. The molecule has 1 aromatic carbocycles. The molecule has 0 bridgehead atoms. The smallest absolute Gasteiger partial charge is 0.254 e. The fraction of sp³-hybridized carbons (Fsp3) is 0.316. The highest BCUT2D eigenvalue weighted by Gasteiger charge is 2.34. The summed E-state index contributed by atoms with van der Waals surface area (Å²) >= 11 is 0. The molecule has 1 aliphatic heterocycles. The molecule has 25 heavy (non-hydrogen) atoms. The van der Waals surface area contributed by atoms with Crippen molar-refractivity contribution in [1.82, 2.24) is 19.4 Å². The van der Waals surface area contributed by atoms with Gasteiger partial charge in [0.15, 0.2) is 0 Å². The minimum atomic E-state index is -0.262. The lowest BCUT2D eigenvalue weighted by molar-refractivity contribution is 0.0727. The topological polar surface area (TPSA) is 71.0 Å². The normalized spacial score (nSPS) is 17.3. The van der Waals surface area contributed by atoms with Crippen LogP contribution in [-0.2, 0) is 6.54 Å². The van der Waals surface area contributed by atoms with Crippen LogP contribution in [0.5, 0.6) is 0 Å². The molecule has 0 saturated carbocycles. The van der Waals surface area contributed by atoms with Gasteiger partial charge in [0.1, 0.15) is 5.82 Å². The fourth-order valence-corrected chi connectivity index (χ4v) is 3.70. The van der Waals surface area contributed by atoms with Crippen LogP contribution in [0.25, 0.3) is 11.0 Å².